The first-order chi connectivity index (χ1) is 10.1. The topological polar surface area (TPSA) is 29.1 Å². The highest BCUT2D eigenvalue weighted by Crippen LogP contribution is 2.21. The molecule has 0 saturated heterocycles. The van der Waals surface area contributed by atoms with E-state index < -0.39 is 5.82 Å². The molecule has 0 saturated carbocycles. The van der Waals surface area contributed by atoms with Crippen molar-refractivity contribution in [1.29, 1.82) is 0 Å². The molecule has 0 radical (unpaired) electrons. The van der Waals surface area contributed by atoms with Crippen molar-refractivity contribution < 1.29 is 9.18 Å². The predicted octanol–water partition coefficient (Wildman–Crippen LogP) is 5.18. The van der Waals surface area contributed by atoms with Crippen molar-refractivity contribution in [3.63, 3.8) is 0 Å². The number of carbonyl (C=O) groups excluding carboxylic acids is 1. The molecule has 0 aliphatic carbocycles. The molecule has 2 rings (SSSR count). The van der Waals surface area contributed by atoms with Gasteiger partial charge in [-0.05, 0) is 58.6 Å². The Morgan fingerprint density at radius 3 is 2.57 bits per heavy atom. The third-order valence-electron chi connectivity index (χ3n) is 3.23. The summed E-state index contributed by atoms with van der Waals surface area (Å²) in [5.41, 5.74) is 2.24. The van der Waals surface area contributed by atoms with Gasteiger partial charge in [0, 0.05) is 5.69 Å². The van der Waals surface area contributed by atoms with E-state index in [0.29, 0.717) is 5.69 Å². The Labute approximate surface area is 132 Å². The van der Waals surface area contributed by atoms with Gasteiger partial charge in [-0.3, -0.25) is 4.79 Å². The van der Waals surface area contributed by atoms with Gasteiger partial charge in [-0.25, -0.2) is 4.39 Å². The Bertz CT molecular complexity index is 625. The maximum Gasteiger partial charge on any atom is 0.256 e. The van der Waals surface area contributed by atoms with Crippen LogP contribution in [0.25, 0.3) is 0 Å². The Balaban J connectivity index is 2.07. The van der Waals surface area contributed by atoms with Gasteiger partial charge < -0.3 is 5.32 Å². The highest BCUT2D eigenvalue weighted by atomic mass is 79.9. The van der Waals surface area contributed by atoms with Crippen molar-refractivity contribution in [2.75, 3.05) is 5.32 Å². The van der Waals surface area contributed by atoms with Gasteiger partial charge >= 0.3 is 0 Å². The number of rotatable bonds is 5. The minimum Gasteiger partial charge on any atom is -0.322 e. The number of aryl methyl sites for hydroxylation is 1. The molecule has 2 nitrogen and oxygen atoms in total. The third kappa shape index (κ3) is 4.14. The van der Waals surface area contributed by atoms with Gasteiger partial charge in [-0.15, -0.1) is 0 Å². The molecule has 0 unspecified atom stereocenters. The summed E-state index contributed by atoms with van der Waals surface area (Å²) in [7, 11) is 0. The molecule has 4 heteroatoms. The normalized spacial score (nSPS) is 10.4. The summed E-state index contributed by atoms with van der Waals surface area (Å²) < 4.78 is 13.6. The number of halogens is 2. The van der Waals surface area contributed by atoms with Gasteiger partial charge in [0.2, 0.25) is 0 Å². The minimum atomic E-state index is -0.447. The maximum atomic E-state index is 13.4. The number of anilines is 1. The first-order valence-corrected chi connectivity index (χ1v) is 7.75. The Morgan fingerprint density at radius 2 is 1.90 bits per heavy atom. The lowest BCUT2D eigenvalue weighted by Crippen LogP contribution is -2.13. The van der Waals surface area contributed by atoms with Crippen molar-refractivity contribution >= 4 is 27.5 Å². The van der Waals surface area contributed by atoms with Crippen LogP contribution in [-0.2, 0) is 6.42 Å². The monoisotopic (exact) mass is 349 g/mol. The van der Waals surface area contributed by atoms with Crippen LogP contribution in [-0.4, -0.2) is 5.91 Å². The number of carbonyl (C=O) groups is 1. The summed E-state index contributed by atoms with van der Waals surface area (Å²) in [5, 5.41) is 2.77. The second kappa shape index (κ2) is 7.36. The van der Waals surface area contributed by atoms with E-state index in [2.05, 4.69) is 28.2 Å². The molecule has 0 fully saturated rings. The Kier molecular flexibility index (Phi) is 5.51. The fraction of sp³-hybridized carbons (Fsp3) is 0.235. The largest absolute Gasteiger partial charge is 0.322 e. The van der Waals surface area contributed by atoms with E-state index in [4.69, 9.17) is 0 Å². The molecule has 2 aromatic carbocycles. The molecule has 21 heavy (non-hydrogen) atoms. The number of hydrogen-bond acceptors (Lipinski definition) is 1. The van der Waals surface area contributed by atoms with Crippen LogP contribution < -0.4 is 5.32 Å². The van der Waals surface area contributed by atoms with Crippen molar-refractivity contribution in [2.24, 2.45) is 0 Å². The summed E-state index contributed by atoms with van der Waals surface area (Å²) in [6, 6.07) is 12.2. The average molecular weight is 350 g/mol. The van der Waals surface area contributed by atoms with Crippen LogP contribution in [0.15, 0.2) is 46.9 Å². The Hall–Kier alpha value is -1.68. The molecule has 0 atom stereocenters. The average Bonchev–Trinajstić information content (AvgIpc) is 2.49. The zero-order valence-electron chi connectivity index (χ0n) is 11.8. The van der Waals surface area contributed by atoms with Gasteiger partial charge in [0.1, 0.15) is 5.82 Å². The molecule has 0 spiro atoms. The van der Waals surface area contributed by atoms with Gasteiger partial charge in [-0.2, -0.15) is 0 Å². The van der Waals surface area contributed by atoms with Crippen LogP contribution in [0.1, 0.15) is 35.7 Å². The summed E-state index contributed by atoms with van der Waals surface area (Å²) in [5.74, 6) is -0.778. The minimum absolute atomic E-state index is 0.182. The van der Waals surface area contributed by atoms with E-state index in [9.17, 15) is 9.18 Å². The predicted molar refractivity (Wildman–Crippen MR) is 87.1 cm³/mol. The lowest BCUT2D eigenvalue weighted by atomic mass is 10.1. The van der Waals surface area contributed by atoms with Gasteiger partial charge in [-0.1, -0.05) is 31.5 Å². The Morgan fingerprint density at radius 1 is 1.19 bits per heavy atom. The summed E-state index contributed by atoms with van der Waals surface area (Å²) in [6.45, 7) is 2.16. The maximum absolute atomic E-state index is 13.4. The van der Waals surface area contributed by atoms with Gasteiger partial charge in [0.15, 0.2) is 0 Å². The summed E-state index contributed by atoms with van der Waals surface area (Å²) in [4.78, 5) is 12.1. The van der Waals surface area contributed by atoms with E-state index in [1.54, 1.807) is 6.07 Å². The molecular weight excluding hydrogens is 333 g/mol. The summed E-state index contributed by atoms with van der Waals surface area (Å²) >= 11 is 3.10. The van der Waals surface area contributed by atoms with E-state index in [1.807, 2.05) is 24.3 Å². The van der Waals surface area contributed by atoms with Gasteiger partial charge in [0.05, 0.1) is 10.0 Å². The molecule has 2 aromatic rings. The number of nitrogens with one attached hydrogen (secondary N) is 1. The third-order valence-corrected chi connectivity index (χ3v) is 4.03. The van der Waals surface area contributed by atoms with Crippen LogP contribution in [0, 0.1) is 5.82 Å². The number of amides is 1. The second-order valence-corrected chi connectivity index (χ2v) is 5.65. The van der Waals surface area contributed by atoms with Crippen LogP contribution >= 0.6 is 15.9 Å². The van der Waals surface area contributed by atoms with E-state index >= 15 is 0 Å². The van der Waals surface area contributed by atoms with E-state index in [-0.39, 0.29) is 15.9 Å². The van der Waals surface area contributed by atoms with Gasteiger partial charge in [0.25, 0.3) is 5.91 Å². The van der Waals surface area contributed by atoms with Crippen LogP contribution in [0.3, 0.4) is 0 Å². The molecule has 1 N–H and O–H groups in total. The molecule has 0 heterocycles. The zero-order valence-corrected chi connectivity index (χ0v) is 13.4. The second-order valence-electron chi connectivity index (χ2n) is 4.86. The summed E-state index contributed by atoms with van der Waals surface area (Å²) in [6.07, 6.45) is 3.36. The fourth-order valence-electron chi connectivity index (χ4n) is 2.01. The van der Waals surface area contributed by atoms with Crippen molar-refractivity contribution in [2.45, 2.75) is 26.2 Å². The van der Waals surface area contributed by atoms with Crippen LogP contribution in [0.4, 0.5) is 10.1 Å². The first-order valence-electron chi connectivity index (χ1n) is 6.96. The number of benzene rings is 2. The lowest BCUT2D eigenvalue weighted by Gasteiger charge is -2.08. The van der Waals surface area contributed by atoms with Crippen molar-refractivity contribution in [3.05, 3.63) is 63.9 Å². The highest BCUT2D eigenvalue weighted by Gasteiger charge is 2.13. The van der Waals surface area contributed by atoms with Crippen LogP contribution in [0.2, 0.25) is 0 Å². The van der Waals surface area contributed by atoms with Crippen LogP contribution in [0.5, 0.6) is 0 Å². The molecule has 110 valence electrons. The molecular formula is C17H17BrFNO. The van der Waals surface area contributed by atoms with E-state index in [1.165, 1.54) is 17.7 Å². The number of unbranched alkanes of at least 4 members (excludes halogenated alkanes) is 1. The smallest absolute Gasteiger partial charge is 0.256 e. The molecule has 0 aliphatic heterocycles. The van der Waals surface area contributed by atoms with E-state index in [0.717, 1.165) is 19.3 Å². The quantitative estimate of drug-likeness (QED) is 0.791. The number of hydrogen-bond donors (Lipinski definition) is 1. The lowest BCUT2D eigenvalue weighted by molar-refractivity contribution is 0.102. The molecule has 0 aromatic heterocycles. The highest BCUT2D eigenvalue weighted by molar-refractivity contribution is 9.10. The standard InChI is InChI=1S/C17H17BrFNO/c1-2-3-5-12-8-10-13(11-9-12)20-17(21)14-6-4-7-15(19)16(14)18/h4,6-11H,2-3,5H2,1H3,(H,20,21). The molecule has 1 amide bonds. The van der Waals surface area contributed by atoms with Crippen molar-refractivity contribution in [1.82, 2.24) is 0 Å². The molecule has 0 aliphatic rings. The fourth-order valence-corrected chi connectivity index (χ4v) is 2.46. The first kappa shape index (κ1) is 15.7. The van der Waals surface area contributed by atoms with Crippen molar-refractivity contribution in [3.8, 4) is 0 Å². The molecule has 0 bridgehead atoms. The SMILES string of the molecule is CCCCc1ccc(NC(=O)c2cccc(F)c2Br)cc1. The zero-order chi connectivity index (χ0) is 15.2.